The van der Waals surface area contributed by atoms with E-state index < -0.39 is 0 Å². The number of thioether (sulfide) groups is 1. The molecule has 2 aromatic rings. The third-order valence-corrected chi connectivity index (χ3v) is 4.37. The number of aliphatic hydroxyl groups is 1. The van der Waals surface area contributed by atoms with E-state index in [1.807, 2.05) is 36.6 Å². The minimum atomic E-state index is -0.132. The van der Waals surface area contributed by atoms with Crippen LogP contribution in [0, 0.1) is 11.8 Å². The van der Waals surface area contributed by atoms with Crippen LogP contribution in [0.25, 0.3) is 0 Å². The van der Waals surface area contributed by atoms with E-state index >= 15 is 0 Å². The van der Waals surface area contributed by atoms with Gasteiger partial charge in [0.15, 0.2) is 0 Å². The van der Waals surface area contributed by atoms with Gasteiger partial charge in [-0.15, -0.1) is 23.1 Å². The van der Waals surface area contributed by atoms with E-state index in [9.17, 15) is 4.79 Å². The molecule has 1 heterocycles. The minimum Gasteiger partial charge on any atom is -0.395 e. The van der Waals surface area contributed by atoms with Crippen LogP contribution < -0.4 is 5.32 Å². The van der Waals surface area contributed by atoms with Crippen LogP contribution in [0.5, 0.6) is 0 Å². The Bertz CT molecular complexity index is 666. The van der Waals surface area contributed by atoms with Gasteiger partial charge in [0.05, 0.1) is 16.4 Å². The lowest BCUT2D eigenvalue weighted by atomic mass is 10.3. The van der Waals surface area contributed by atoms with Crippen molar-refractivity contribution >= 4 is 34.7 Å². The zero-order valence-electron chi connectivity index (χ0n) is 11.6. The summed E-state index contributed by atoms with van der Waals surface area (Å²) < 4.78 is 0. The van der Waals surface area contributed by atoms with Crippen LogP contribution in [0.15, 0.2) is 41.3 Å². The second kappa shape index (κ2) is 7.89. The first-order valence-corrected chi connectivity index (χ1v) is 8.42. The normalized spacial score (nSPS) is 9.81. The van der Waals surface area contributed by atoms with Crippen LogP contribution in [-0.2, 0) is 0 Å². The summed E-state index contributed by atoms with van der Waals surface area (Å²) in [5, 5.41) is 11.5. The summed E-state index contributed by atoms with van der Waals surface area (Å²) in [5.41, 5.74) is 0.777. The standard InChI is InChI=1S/C16H15NO2S2/c1-20-13-7-5-12(6-8-13)17-16(19)15-10-9-14(21-15)4-2-3-11-18/h5-10,18H,3,11H2,1H3,(H,17,19). The van der Waals surface area contributed by atoms with E-state index in [2.05, 4.69) is 17.2 Å². The molecular weight excluding hydrogens is 302 g/mol. The lowest BCUT2D eigenvalue weighted by molar-refractivity contribution is 0.103. The summed E-state index contributed by atoms with van der Waals surface area (Å²) in [7, 11) is 0. The van der Waals surface area contributed by atoms with Crippen LogP contribution >= 0.6 is 23.1 Å². The van der Waals surface area contributed by atoms with Crippen molar-refractivity contribution in [1.29, 1.82) is 0 Å². The van der Waals surface area contributed by atoms with Crippen molar-refractivity contribution in [3.63, 3.8) is 0 Å². The molecule has 0 aliphatic heterocycles. The number of carbonyl (C=O) groups excluding carboxylic acids is 1. The molecule has 0 bridgehead atoms. The molecule has 1 aromatic heterocycles. The average molecular weight is 317 g/mol. The predicted octanol–water partition coefficient (Wildman–Crippen LogP) is 3.46. The summed E-state index contributed by atoms with van der Waals surface area (Å²) in [6, 6.07) is 11.3. The fourth-order valence-corrected chi connectivity index (χ4v) is 2.78. The maximum absolute atomic E-state index is 12.1. The van der Waals surface area contributed by atoms with Crippen LogP contribution in [0.2, 0.25) is 0 Å². The lowest BCUT2D eigenvalue weighted by Crippen LogP contribution is -2.09. The van der Waals surface area contributed by atoms with Gasteiger partial charge in [0.25, 0.3) is 5.91 Å². The zero-order chi connectivity index (χ0) is 15.1. The summed E-state index contributed by atoms with van der Waals surface area (Å²) in [4.78, 5) is 14.7. The van der Waals surface area contributed by atoms with Crippen molar-refractivity contribution < 1.29 is 9.90 Å². The van der Waals surface area contributed by atoms with Crippen molar-refractivity contribution in [1.82, 2.24) is 0 Å². The molecule has 2 rings (SSSR count). The van der Waals surface area contributed by atoms with Gasteiger partial charge >= 0.3 is 0 Å². The van der Waals surface area contributed by atoms with Crippen molar-refractivity contribution in [2.45, 2.75) is 11.3 Å². The number of anilines is 1. The van der Waals surface area contributed by atoms with Gasteiger partial charge < -0.3 is 10.4 Å². The first-order chi connectivity index (χ1) is 10.2. The SMILES string of the molecule is CSc1ccc(NC(=O)c2ccc(C#CCCO)s2)cc1. The van der Waals surface area contributed by atoms with Crippen molar-refractivity contribution in [3.8, 4) is 11.8 Å². The first kappa shape index (κ1) is 15.6. The van der Waals surface area contributed by atoms with Gasteiger partial charge in [0, 0.05) is 17.0 Å². The van der Waals surface area contributed by atoms with Crippen LogP contribution in [0.1, 0.15) is 21.0 Å². The molecule has 0 saturated carbocycles. The van der Waals surface area contributed by atoms with Gasteiger partial charge in [-0.2, -0.15) is 0 Å². The number of carbonyl (C=O) groups is 1. The number of rotatable bonds is 4. The van der Waals surface area contributed by atoms with E-state index in [0.29, 0.717) is 11.3 Å². The number of nitrogens with one attached hydrogen (secondary N) is 1. The van der Waals surface area contributed by atoms with Gasteiger partial charge in [-0.3, -0.25) is 4.79 Å². The summed E-state index contributed by atoms with van der Waals surface area (Å²) >= 11 is 3.01. The topological polar surface area (TPSA) is 49.3 Å². The van der Waals surface area contributed by atoms with Crippen LogP contribution in [-0.4, -0.2) is 23.9 Å². The fourth-order valence-electron chi connectivity index (χ4n) is 1.60. The first-order valence-electron chi connectivity index (χ1n) is 6.38. The average Bonchev–Trinajstić information content (AvgIpc) is 2.97. The summed E-state index contributed by atoms with van der Waals surface area (Å²) in [6.07, 6.45) is 2.46. The molecule has 0 saturated heterocycles. The minimum absolute atomic E-state index is 0.0533. The quantitative estimate of drug-likeness (QED) is 0.671. The predicted molar refractivity (Wildman–Crippen MR) is 89.1 cm³/mol. The van der Waals surface area contributed by atoms with Crippen molar-refractivity contribution in [3.05, 3.63) is 46.2 Å². The number of hydrogen-bond acceptors (Lipinski definition) is 4. The Morgan fingerprint density at radius 2 is 2.05 bits per heavy atom. The van der Waals surface area contributed by atoms with Gasteiger partial charge in [0.1, 0.15) is 0 Å². The molecule has 0 aliphatic rings. The Kier molecular flexibility index (Phi) is 5.88. The Morgan fingerprint density at radius 1 is 1.29 bits per heavy atom. The molecule has 0 radical (unpaired) electrons. The number of aliphatic hydroxyl groups excluding tert-OH is 1. The number of benzene rings is 1. The fraction of sp³-hybridized carbons (Fsp3) is 0.188. The largest absolute Gasteiger partial charge is 0.395 e. The van der Waals surface area contributed by atoms with Gasteiger partial charge in [-0.05, 0) is 42.7 Å². The second-order valence-electron chi connectivity index (χ2n) is 4.12. The Balaban J connectivity index is 2.01. The number of hydrogen-bond donors (Lipinski definition) is 2. The Labute approximate surface area is 132 Å². The Morgan fingerprint density at radius 3 is 2.71 bits per heavy atom. The highest BCUT2D eigenvalue weighted by Gasteiger charge is 2.08. The molecule has 1 amide bonds. The van der Waals surface area contributed by atoms with Gasteiger partial charge in [-0.1, -0.05) is 11.8 Å². The zero-order valence-corrected chi connectivity index (χ0v) is 13.2. The molecule has 2 N–H and O–H groups in total. The maximum atomic E-state index is 12.1. The van der Waals surface area contributed by atoms with Crippen molar-refractivity contribution in [2.24, 2.45) is 0 Å². The van der Waals surface area contributed by atoms with E-state index in [1.54, 1.807) is 17.8 Å². The smallest absolute Gasteiger partial charge is 0.265 e. The van der Waals surface area contributed by atoms with E-state index in [-0.39, 0.29) is 12.5 Å². The molecule has 108 valence electrons. The molecule has 0 spiro atoms. The van der Waals surface area contributed by atoms with E-state index in [1.165, 1.54) is 11.3 Å². The molecule has 0 fully saturated rings. The summed E-state index contributed by atoms with van der Waals surface area (Å²) in [6.45, 7) is 0.0533. The van der Waals surface area contributed by atoms with Crippen LogP contribution in [0.3, 0.4) is 0 Å². The van der Waals surface area contributed by atoms with Gasteiger partial charge in [-0.25, -0.2) is 0 Å². The molecule has 3 nitrogen and oxygen atoms in total. The molecular formula is C16H15NO2S2. The lowest BCUT2D eigenvalue weighted by Gasteiger charge is -2.04. The molecule has 5 heteroatoms. The molecule has 1 aromatic carbocycles. The molecule has 0 unspecified atom stereocenters. The second-order valence-corrected chi connectivity index (χ2v) is 6.09. The Hall–Kier alpha value is -1.74. The van der Waals surface area contributed by atoms with Crippen molar-refractivity contribution in [2.75, 3.05) is 18.2 Å². The van der Waals surface area contributed by atoms with Gasteiger partial charge in [0.2, 0.25) is 0 Å². The monoisotopic (exact) mass is 317 g/mol. The third kappa shape index (κ3) is 4.64. The number of thiophene rings is 1. The van der Waals surface area contributed by atoms with E-state index in [0.717, 1.165) is 15.5 Å². The molecule has 21 heavy (non-hydrogen) atoms. The number of amides is 1. The van der Waals surface area contributed by atoms with Crippen LogP contribution in [0.4, 0.5) is 5.69 Å². The van der Waals surface area contributed by atoms with E-state index in [4.69, 9.17) is 5.11 Å². The summed E-state index contributed by atoms with van der Waals surface area (Å²) in [5.74, 6) is 5.64. The highest BCUT2D eigenvalue weighted by atomic mass is 32.2. The maximum Gasteiger partial charge on any atom is 0.265 e. The molecule has 0 atom stereocenters. The highest BCUT2D eigenvalue weighted by molar-refractivity contribution is 7.98. The highest BCUT2D eigenvalue weighted by Crippen LogP contribution is 2.20. The molecule has 0 aliphatic carbocycles. The third-order valence-electron chi connectivity index (χ3n) is 2.63.